The topological polar surface area (TPSA) is 87.8 Å². The van der Waals surface area contributed by atoms with Gasteiger partial charge >= 0.3 is 5.97 Å². The summed E-state index contributed by atoms with van der Waals surface area (Å²) in [4.78, 5) is 25.7. The summed E-state index contributed by atoms with van der Waals surface area (Å²) in [5, 5.41) is 0. The molecule has 156 valence electrons. The van der Waals surface area contributed by atoms with Gasteiger partial charge < -0.3 is 19.9 Å². The molecule has 8 heteroatoms. The highest BCUT2D eigenvalue weighted by molar-refractivity contribution is 6.03. The fraction of sp³-hybridized carbons (Fsp3) is 0.429. The number of Topliss-reactive ketones (excluding diaryl/α,β-unsaturated/α-hetero) is 1. The number of rotatable bonds is 5. The van der Waals surface area contributed by atoms with Gasteiger partial charge in [-0.15, -0.1) is 0 Å². The minimum Gasteiger partial charge on any atom is -0.460 e. The van der Waals surface area contributed by atoms with E-state index < -0.39 is 23.5 Å². The molecule has 0 bridgehead atoms. The van der Waals surface area contributed by atoms with E-state index in [0.29, 0.717) is 12.2 Å². The lowest BCUT2D eigenvalue weighted by molar-refractivity contribution is -0.141. The molecule has 1 aromatic carbocycles. The number of benzene rings is 1. The summed E-state index contributed by atoms with van der Waals surface area (Å²) in [6.07, 6.45) is 0.641. The van der Waals surface area contributed by atoms with Crippen LogP contribution in [0.2, 0.25) is 0 Å². The number of hydrogen-bond donors (Lipinski definition) is 1. The van der Waals surface area contributed by atoms with Crippen LogP contribution in [-0.2, 0) is 23.8 Å². The van der Waals surface area contributed by atoms with Gasteiger partial charge in [0.15, 0.2) is 17.4 Å². The van der Waals surface area contributed by atoms with Gasteiger partial charge in [-0.25, -0.2) is 13.6 Å². The predicted molar refractivity (Wildman–Crippen MR) is 99.3 cm³/mol. The average Bonchev–Trinajstić information content (AvgIpc) is 2.61. The van der Waals surface area contributed by atoms with Crippen LogP contribution in [0.3, 0.4) is 0 Å². The molecule has 2 aliphatic rings. The number of ether oxygens (including phenoxy) is 3. The third-order valence-corrected chi connectivity index (χ3v) is 4.97. The molecule has 1 aromatic rings. The minimum absolute atomic E-state index is 0.0382. The lowest BCUT2D eigenvalue weighted by Crippen LogP contribution is -2.36. The predicted octanol–water partition coefficient (Wildman–Crippen LogP) is 3.08. The van der Waals surface area contributed by atoms with E-state index in [1.54, 1.807) is 0 Å². The summed E-state index contributed by atoms with van der Waals surface area (Å²) >= 11 is 0. The summed E-state index contributed by atoms with van der Waals surface area (Å²) < 4.78 is 43.2. The van der Waals surface area contributed by atoms with E-state index in [4.69, 9.17) is 19.9 Å². The number of esters is 1. The molecule has 0 saturated heterocycles. The molecule has 1 aliphatic heterocycles. The Labute approximate surface area is 167 Å². The van der Waals surface area contributed by atoms with Crippen molar-refractivity contribution in [2.45, 2.75) is 32.6 Å². The van der Waals surface area contributed by atoms with E-state index in [-0.39, 0.29) is 53.4 Å². The molecule has 1 aliphatic carbocycles. The number of allylic oxidation sites excluding steroid dienone is 2. The number of ketones is 1. The number of methoxy groups -OCH3 is 1. The number of halogens is 2. The third kappa shape index (κ3) is 4.17. The Morgan fingerprint density at radius 2 is 1.97 bits per heavy atom. The Hall–Kier alpha value is -2.74. The van der Waals surface area contributed by atoms with Gasteiger partial charge in [-0.3, -0.25) is 4.79 Å². The second-order valence-corrected chi connectivity index (χ2v) is 7.89. The van der Waals surface area contributed by atoms with E-state index >= 15 is 0 Å². The molecule has 6 nitrogen and oxygen atoms in total. The number of carbonyl (C=O) groups excluding carboxylic acids is 2. The van der Waals surface area contributed by atoms with Crippen LogP contribution in [0, 0.1) is 17.0 Å². The molecule has 1 heterocycles. The van der Waals surface area contributed by atoms with Crippen molar-refractivity contribution in [3.8, 4) is 0 Å². The highest BCUT2D eigenvalue weighted by Gasteiger charge is 2.45. The van der Waals surface area contributed by atoms with E-state index in [2.05, 4.69) is 0 Å². The minimum atomic E-state index is -1.09. The maximum atomic E-state index is 14.0. The van der Waals surface area contributed by atoms with Gasteiger partial charge in [0.1, 0.15) is 17.9 Å². The first-order valence-electron chi connectivity index (χ1n) is 9.19. The van der Waals surface area contributed by atoms with Gasteiger partial charge in [-0.2, -0.15) is 0 Å². The van der Waals surface area contributed by atoms with Crippen molar-refractivity contribution in [3.05, 3.63) is 58.2 Å². The van der Waals surface area contributed by atoms with Crippen LogP contribution in [0.1, 0.15) is 38.2 Å². The standard InChI is InChI=1S/C21H23F2NO5/c1-21(2)9-14(25)17-15(10-21)29-19(24)18(20(26)28-7-6-27-3)16(17)11-4-5-12(22)13(23)8-11/h4-5,8,16H,6-7,9-10,24H2,1-3H3/t16-/m0/s1. The first-order valence-corrected chi connectivity index (χ1v) is 9.19. The first-order chi connectivity index (χ1) is 13.6. The lowest BCUT2D eigenvalue weighted by atomic mass is 9.70. The van der Waals surface area contributed by atoms with E-state index in [9.17, 15) is 18.4 Å². The SMILES string of the molecule is COCCOC(=O)C1=C(N)OC2=C(C(=O)CC(C)(C)C2)[C@@H]1c1ccc(F)c(F)c1. The van der Waals surface area contributed by atoms with E-state index in [0.717, 1.165) is 12.1 Å². The molecule has 0 amide bonds. The Morgan fingerprint density at radius 1 is 1.24 bits per heavy atom. The number of carbonyl (C=O) groups is 2. The molecule has 1 atom stereocenters. The van der Waals surface area contributed by atoms with Crippen LogP contribution in [0.25, 0.3) is 0 Å². The van der Waals surface area contributed by atoms with Gasteiger partial charge in [-0.05, 0) is 23.1 Å². The Morgan fingerprint density at radius 3 is 2.62 bits per heavy atom. The summed E-state index contributed by atoms with van der Waals surface area (Å²) in [6, 6.07) is 3.22. The molecular weight excluding hydrogens is 384 g/mol. The molecule has 2 N–H and O–H groups in total. The molecular formula is C21H23F2NO5. The maximum absolute atomic E-state index is 14.0. The quantitative estimate of drug-likeness (QED) is 0.596. The van der Waals surface area contributed by atoms with E-state index in [1.165, 1.54) is 13.2 Å². The second kappa shape index (κ2) is 7.94. The first kappa shape index (κ1) is 21.0. The fourth-order valence-electron chi connectivity index (χ4n) is 3.70. The van der Waals surface area contributed by atoms with Gasteiger partial charge in [0.25, 0.3) is 0 Å². The Bertz CT molecular complexity index is 920. The molecule has 0 fully saturated rings. The van der Waals surface area contributed by atoms with E-state index in [1.807, 2.05) is 13.8 Å². The van der Waals surface area contributed by atoms with Crippen LogP contribution < -0.4 is 5.73 Å². The van der Waals surface area contributed by atoms with Crippen LogP contribution in [0.5, 0.6) is 0 Å². The maximum Gasteiger partial charge on any atom is 0.340 e. The second-order valence-electron chi connectivity index (χ2n) is 7.89. The Kier molecular flexibility index (Phi) is 5.75. The largest absolute Gasteiger partial charge is 0.460 e. The van der Waals surface area contributed by atoms with Crippen molar-refractivity contribution in [2.75, 3.05) is 20.3 Å². The summed E-state index contributed by atoms with van der Waals surface area (Å²) in [5.74, 6) is -4.05. The Balaban J connectivity index is 2.11. The van der Waals surface area contributed by atoms with Crippen molar-refractivity contribution in [1.29, 1.82) is 0 Å². The van der Waals surface area contributed by atoms with Crippen molar-refractivity contribution >= 4 is 11.8 Å². The molecule has 29 heavy (non-hydrogen) atoms. The van der Waals surface area contributed by atoms with Crippen molar-refractivity contribution < 1.29 is 32.6 Å². The lowest BCUT2D eigenvalue weighted by Gasteiger charge is -2.37. The zero-order chi connectivity index (χ0) is 21.3. The normalized spacial score (nSPS) is 21.0. The summed E-state index contributed by atoms with van der Waals surface area (Å²) in [5.41, 5.74) is 6.01. The highest BCUT2D eigenvalue weighted by Crippen LogP contribution is 2.48. The van der Waals surface area contributed by atoms with Gasteiger partial charge in [0.05, 0.1) is 12.5 Å². The third-order valence-electron chi connectivity index (χ3n) is 4.97. The highest BCUT2D eigenvalue weighted by atomic mass is 19.2. The van der Waals surface area contributed by atoms with Crippen LogP contribution in [0.15, 0.2) is 41.0 Å². The van der Waals surface area contributed by atoms with Gasteiger partial charge in [-0.1, -0.05) is 19.9 Å². The molecule has 0 unspecified atom stereocenters. The summed E-state index contributed by atoms with van der Waals surface area (Å²) in [6.45, 7) is 3.96. The smallest absolute Gasteiger partial charge is 0.340 e. The number of hydrogen-bond acceptors (Lipinski definition) is 6. The molecule has 0 spiro atoms. The van der Waals surface area contributed by atoms with Crippen molar-refractivity contribution in [2.24, 2.45) is 11.1 Å². The average molecular weight is 407 g/mol. The zero-order valence-corrected chi connectivity index (χ0v) is 16.5. The van der Waals surface area contributed by atoms with Gasteiger partial charge in [0.2, 0.25) is 5.88 Å². The van der Waals surface area contributed by atoms with Crippen molar-refractivity contribution in [3.63, 3.8) is 0 Å². The molecule has 0 aromatic heterocycles. The van der Waals surface area contributed by atoms with Crippen LogP contribution in [-0.4, -0.2) is 32.1 Å². The van der Waals surface area contributed by atoms with Gasteiger partial charge in [0, 0.05) is 25.5 Å². The van der Waals surface area contributed by atoms with Crippen LogP contribution in [0.4, 0.5) is 8.78 Å². The summed E-state index contributed by atoms with van der Waals surface area (Å²) in [7, 11) is 1.45. The molecule has 3 rings (SSSR count). The van der Waals surface area contributed by atoms with Crippen molar-refractivity contribution in [1.82, 2.24) is 0 Å². The monoisotopic (exact) mass is 407 g/mol. The molecule has 0 saturated carbocycles. The fourth-order valence-corrected chi connectivity index (χ4v) is 3.70. The number of nitrogens with two attached hydrogens (primary N) is 1. The van der Waals surface area contributed by atoms with Crippen LogP contribution >= 0.6 is 0 Å². The zero-order valence-electron chi connectivity index (χ0n) is 16.5. The molecule has 0 radical (unpaired) electrons.